The van der Waals surface area contributed by atoms with Crippen molar-refractivity contribution in [3.8, 4) is 0 Å². The molecule has 1 aromatic carbocycles. The minimum absolute atomic E-state index is 0.0586. The van der Waals surface area contributed by atoms with Gasteiger partial charge in [-0.3, -0.25) is 0 Å². The van der Waals surface area contributed by atoms with E-state index in [1.165, 1.54) is 0 Å². The number of nitrogens with one attached hydrogen (secondary N) is 2. The smallest absolute Gasteiger partial charge is 0.315 e. The van der Waals surface area contributed by atoms with E-state index in [4.69, 9.17) is 0 Å². The number of hydrogen-bond donors (Lipinski definition) is 2. The molecule has 0 aliphatic carbocycles. The van der Waals surface area contributed by atoms with Crippen molar-refractivity contribution in [3.63, 3.8) is 0 Å². The van der Waals surface area contributed by atoms with Crippen LogP contribution in [0.4, 0.5) is 10.5 Å². The van der Waals surface area contributed by atoms with Crippen LogP contribution < -0.4 is 10.6 Å². The summed E-state index contributed by atoms with van der Waals surface area (Å²) < 4.78 is 0.931. The summed E-state index contributed by atoms with van der Waals surface area (Å²) in [7, 11) is 0. The van der Waals surface area contributed by atoms with Gasteiger partial charge in [0, 0.05) is 16.4 Å². The maximum atomic E-state index is 11.5. The average molecular weight is 297 g/mol. The highest BCUT2D eigenvalue weighted by molar-refractivity contribution is 9.10. The van der Waals surface area contributed by atoms with Crippen LogP contribution in [0.2, 0.25) is 0 Å². The minimum atomic E-state index is -0.247. The van der Waals surface area contributed by atoms with Crippen LogP contribution in [-0.4, -0.2) is 6.03 Å². The van der Waals surface area contributed by atoms with E-state index in [0.29, 0.717) is 0 Å². The van der Waals surface area contributed by atoms with Crippen LogP contribution in [0.3, 0.4) is 0 Å². The summed E-state index contributed by atoms with van der Waals surface area (Å²) in [5.74, 6) is 0. The molecule has 0 heterocycles. The number of hydrogen-bond acceptors (Lipinski definition) is 1. The molecule has 2 N–H and O–H groups in total. The Labute approximate surface area is 110 Å². The zero-order valence-electron chi connectivity index (χ0n) is 10.3. The molecule has 0 aliphatic heterocycles. The predicted octanol–water partition coefficient (Wildman–Crippen LogP) is 4.13. The lowest BCUT2D eigenvalue weighted by atomic mass is 9.97. The van der Waals surface area contributed by atoms with Gasteiger partial charge in [0.05, 0.1) is 0 Å². The molecule has 0 aromatic heterocycles. The lowest BCUT2D eigenvalue weighted by Crippen LogP contribution is -2.24. The van der Waals surface area contributed by atoms with Gasteiger partial charge in [-0.1, -0.05) is 48.8 Å². The van der Waals surface area contributed by atoms with Crippen molar-refractivity contribution < 1.29 is 4.79 Å². The number of rotatable bonds is 2. The van der Waals surface area contributed by atoms with E-state index in [0.717, 1.165) is 10.2 Å². The first-order chi connectivity index (χ1) is 7.87. The fourth-order valence-electron chi connectivity index (χ4n) is 1.10. The molecular formula is C13H17BrN2O. The van der Waals surface area contributed by atoms with Crippen LogP contribution in [0.1, 0.15) is 20.8 Å². The van der Waals surface area contributed by atoms with Crippen LogP contribution >= 0.6 is 15.9 Å². The normalized spacial score (nSPS) is 11.5. The molecule has 0 saturated heterocycles. The van der Waals surface area contributed by atoms with Crippen molar-refractivity contribution >= 4 is 27.6 Å². The molecule has 0 radical (unpaired) electrons. The average Bonchev–Trinajstić information content (AvgIpc) is 2.15. The maximum absolute atomic E-state index is 11.5. The van der Waals surface area contributed by atoms with Gasteiger partial charge in [-0.15, -0.1) is 0 Å². The summed E-state index contributed by atoms with van der Waals surface area (Å²) in [6.45, 7) is 6.20. The van der Waals surface area contributed by atoms with Crippen molar-refractivity contribution in [2.45, 2.75) is 20.8 Å². The van der Waals surface area contributed by atoms with Crippen LogP contribution in [0, 0.1) is 5.41 Å². The second-order valence-corrected chi connectivity index (χ2v) is 5.72. The van der Waals surface area contributed by atoms with Gasteiger partial charge in [0.1, 0.15) is 0 Å². The number of carbonyl (C=O) groups is 1. The van der Waals surface area contributed by atoms with E-state index < -0.39 is 0 Å². The molecule has 2 amide bonds. The molecule has 0 saturated carbocycles. The van der Waals surface area contributed by atoms with Gasteiger partial charge >= 0.3 is 6.03 Å². The monoisotopic (exact) mass is 296 g/mol. The molecule has 0 fully saturated rings. The Balaban J connectivity index is 2.48. The van der Waals surface area contributed by atoms with Crippen molar-refractivity contribution in [1.29, 1.82) is 0 Å². The second kappa shape index (κ2) is 5.87. The zero-order chi connectivity index (χ0) is 12.9. The Morgan fingerprint density at radius 2 is 2.06 bits per heavy atom. The van der Waals surface area contributed by atoms with E-state index in [2.05, 4.69) is 47.3 Å². The van der Waals surface area contributed by atoms with Gasteiger partial charge in [0.15, 0.2) is 0 Å². The third-order valence-corrected chi connectivity index (χ3v) is 2.37. The van der Waals surface area contributed by atoms with Gasteiger partial charge in [0.2, 0.25) is 0 Å². The number of carbonyl (C=O) groups excluding carboxylic acids is 1. The predicted molar refractivity (Wildman–Crippen MR) is 74.9 cm³/mol. The molecule has 1 rings (SSSR count). The Hall–Kier alpha value is -1.29. The standard InChI is InChI=1S/C13H17BrN2O/c1-13(2,3)7-8-15-12(17)16-11-6-4-5-10(14)9-11/h4-9H,1-3H3,(H2,15,16,17)/b8-7+. The van der Waals surface area contributed by atoms with E-state index in [1.54, 1.807) is 6.20 Å². The first-order valence-corrected chi connectivity index (χ1v) is 6.17. The van der Waals surface area contributed by atoms with Gasteiger partial charge < -0.3 is 10.6 Å². The Kier molecular flexibility index (Phi) is 4.75. The Morgan fingerprint density at radius 3 is 2.65 bits per heavy atom. The number of allylic oxidation sites excluding steroid dienone is 1. The Morgan fingerprint density at radius 1 is 1.35 bits per heavy atom. The molecular weight excluding hydrogens is 280 g/mol. The van der Waals surface area contributed by atoms with E-state index >= 15 is 0 Å². The van der Waals surface area contributed by atoms with Crippen molar-refractivity contribution in [3.05, 3.63) is 41.0 Å². The number of benzene rings is 1. The molecule has 0 bridgehead atoms. The summed E-state index contributed by atoms with van der Waals surface area (Å²) in [6, 6.07) is 7.20. The lowest BCUT2D eigenvalue weighted by Gasteiger charge is -2.11. The van der Waals surface area contributed by atoms with E-state index in [9.17, 15) is 4.79 Å². The number of anilines is 1. The van der Waals surface area contributed by atoms with Gasteiger partial charge in [-0.2, -0.15) is 0 Å². The molecule has 3 nitrogen and oxygen atoms in total. The van der Waals surface area contributed by atoms with Crippen LogP contribution in [-0.2, 0) is 0 Å². The minimum Gasteiger partial charge on any atom is -0.315 e. The van der Waals surface area contributed by atoms with E-state index in [1.807, 2.05) is 30.3 Å². The first-order valence-electron chi connectivity index (χ1n) is 5.38. The highest BCUT2D eigenvalue weighted by Gasteiger charge is 2.04. The third-order valence-electron chi connectivity index (χ3n) is 1.88. The fraction of sp³-hybridized carbons (Fsp3) is 0.308. The Bertz CT molecular complexity index is 422. The van der Waals surface area contributed by atoms with Gasteiger partial charge in [0.25, 0.3) is 0 Å². The summed E-state index contributed by atoms with van der Waals surface area (Å²) in [4.78, 5) is 11.5. The molecule has 0 atom stereocenters. The number of amides is 2. The molecule has 4 heteroatoms. The molecule has 0 spiro atoms. The van der Waals surface area contributed by atoms with Crippen molar-refractivity contribution in [2.24, 2.45) is 5.41 Å². The SMILES string of the molecule is CC(C)(C)/C=C/NC(=O)Nc1cccc(Br)c1. The quantitative estimate of drug-likeness (QED) is 0.846. The van der Waals surface area contributed by atoms with Gasteiger partial charge in [-0.25, -0.2) is 4.79 Å². The van der Waals surface area contributed by atoms with Crippen molar-refractivity contribution in [2.75, 3.05) is 5.32 Å². The van der Waals surface area contributed by atoms with Gasteiger partial charge in [-0.05, 0) is 23.6 Å². The topological polar surface area (TPSA) is 41.1 Å². The third kappa shape index (κ3) is 6.12. The molecule has 17 heavy (non-hydrogen) atoms. The van der Waals surface area contributed by atoms with Crippen LogP contribution in [0.15, 0.2) is 41.0 Å². The lowest BCUT2D eigenvalue weighted by molar-refractivity contribution is 0.255. The molecule has 1 aromatic rings. The summed E-state index contributed by atoms with van der Waals surface area (Å²) in [5, 5.41) is 5.40. The first kappa shape index (κ1) is 13.8. The van der Waals surface area contributed by atoms with E-state index in [-0.39, 0.29) is 11.4 Å². The van der Waals surface area contributed by atoms with Crippen LogP contribution in [0.25, 0.3) is 0 Å². The maximum Gasteiger partial charge on any atom is 0.323 e. The molecule has 0 unspecified atom stereocenters. The van der Waals surface area contributed by atoms with Crippen molar-refractivity contribution in [1.82, 2.24) is 5.32 Å². The largest absolute Gasteiger partial charge is 0.323 e. The summed E-state index contributed by atoms with van der Waals surface area (Å²) >= 11 is 3.35. The summed E-state index contributed by atoms with van der Waals surface area (Å²) in [5.41, 5.74) is 0.810. The molecule has 0 aliphatic rings. The second-order valence-electron chi connectivity index (χ2n) is 4.81. The molecule has 92 valence electrons. The highest BCUT2D eigenvalue weighted by Crippen LogP contribution is 2.15. The zero-order valence-corrected chi connectivity index (χ0v) is 11.8. The number of urea groups is 1. The highest BCUT2D eigenvalue weighted by atomic mass is 79.9. The number of halogens is 1. The van der Waals surface area contributed by atoms with Crippen LogP contribution in [0.5, 0.6) is 0 Å². The fourth-order valence-corrected chi connectivity index (χ4v) is 1.50. The summed E-state index contributed by atoms with van der Waals surface area (Å²) in [6.07, 6.45) is 3.60.